The van der Waals surface area contributed by atoms with Gasteiger partial charge in [0.15, 0.2) is 5.78 Å². The lowest BCUT2D eigenvalue weighted by atomic mass is 9.83. The van der Waals surface area contributed by atoms with Gasteiger partial charge < -0.3 is 9.64 Å². The van der Waals surface area contributed by atoms with E-state index in [0.29, 0.717) is 6.10 Å². The second-order valence-corrected chi connectivity index (χ2v) is 6.76. The first-order valence-electron chi connectivity index (χ1n) is 7.89. The summed E-state index contributed by atoms with van der Waals surface area (Å²) in [5.74, 6) is 0.208. The maximum atomic E-state index is 12.6. The van der Waals surface area contributed by atoms with E-state index >= 15 is 0 Å². The number of likely N-dealkylation sites (N-methyl/N-ethyl adjacent to an activating group) is 1. The Bertz CT molecular complexity index is 450. The molecule has 3 nitrogen and oxygen atoms in total. The number of carbonyl (C=O) groups is 1. The number of hydrogen-bond acceptors (Lipinski definition) is 3. The molecule has 1 fully saturated rings. The first-order valence-corrected chi connectivity index (χ1v) is 7.89. The predicted molar refractivity (Wildman–Crippen MR) is 85.6 cm³/mol. The highest BCUT2D eigenvalue weighted by molar-refractivity contribution is 6.00. The van der Waals surface area contributed by atoms with Crippen molar-refractivity contribution in [2.45, 2.75) is 39.2 Å². The molecular weight excluding hydrogens is 262 g/mol. The number of hydrogen-bond donors (Lipinski definition) is 0. The van der Waals surface area contributed by atoms with Gasteiger partial charge >= 0.3 is 0 Å². The molecule has 1 saturated heterocycles. The number of ether oxygens (including phenoxy) is 1. The molecule has 1 aliphatic heterocycles. The molecule has 3 heteroatoms. The Labute approximate surface area is 128 Å². The van der Waals surface area contributed by atoms with Crippen LogP contribution < -0.4 is 0 Å². The second-order valence-electron chi connectivity index (χ2n) is 6.76. The van der Waals surface area contributed by atoms with E-state index in [4.69, 9.17) is 4.74 Å². The molecule has 2 rings (SSSR count). The number of Topliss-reactive ketones (excluding diaryl/α,β-unsaturated/α-hetero) is 1. The van der Waals surface area contributed by atoms with Crippen LogP contribution in [0.15, 0.2) is 30.3 Å². The smallest absolute Gasteiger partial charge is 0.169 e. The summed E-state index contributed by atoms with van der Waals surface area (Å²) in [4.78, 5) is 14.9. The molecule has 1 atom stereocenters. The SMILES string of the molecule is CN(CC1CCCCO1)CC(C)(C)C(=O)c1ccccc1. The lowest BCUT2D eigenvalue weighted by Crippen LogP contribution is -2.41. The molecule has 0 N–H and O–H groups in total. The van der Waals surface area contributed by atoms with Crippen molar-refractivity contribution < 1.29 is 9.53 Å². The molecule has 1 unspecified atom stereocenters. The molecular formula is C18H27NO2. The Morgan fingerprint density at radius 2 is 2.00 bits per heavy atom. The van der Waals surface area contributed by atoms with Gasteiger partial charge in [0, 0.05) is 30.7 Å². The third-order valence-corrected chi connectivity index (χ3v) is 4.11. The van der Waals surface area contributed by atoms with E-state index in [-0.39, 0.29) is 11.2 Å². The van der Waals surface area contributed by atoms with E-state index in [1.54, 1.807) is 0 Å². The zero-order valence-electron chi connectivity index (χ0n) is 13.5. The predicted octanol–water partition coefficient (Wildman–Crippen LogP) is 3.40. The zero-order chi connectivity index (χ0) is 15.3. The molecule has 0 bridgehead atoms. The van der Waals surface area contributed by atoms with Crippen molar-refractivity contribution in [3.63, 3.8) is 0 Å². The van der Waals surface area contributed by atoms with Crippen molar-refractivity contribution in [3.8, 4) is 0 Å². The molecule has 1 aromatic carbocycles. The Balaban J connectivity index is 1.91. The summed E-state index contributed by atoms with van der Waals surface area (Å²) in [6.45, 7) is 6.60. The molecule has 0 aromatic heterocycles. The molecule has 1 heterocycles. The minimum Gasteiger partial charge on any atom is -0.377 e. The lowest BCUT2D eigenvalue weighted by molar-refractivity contribution is -0.00564. The van der Waals surface area contributed by atoms with Gasteiger partial charge in [-0.3, -0.25) is 4.79 Å². The van der Waals surface area contributed by atoms with Crippen LogP contribution in [0.1, 0.15) is 43.5 Å². The topological polar surface area (TPSA) is 29.5 Å². The summed E-state index contributed by atoms with van der Waals surface area (Å²) in [7, 11) is 2.08. The van der Waals surface area contributed by atoms with Gasteiger partial charge in [0.1, 0.15) is 0 Å². The fourth-order valence-electron chi connectivity index (χ4n) is 3.09. The molecule has 0 amide bonds. The van der Waals surface area contributed by atoms with Crippen molar-refractivity contribution in [2.75, 3.05) is 26.7 Å². The first-order chi connectivity index (χ1) is 9.99. The fourth-order valence-corrected chi connectivity index (χ4v) is 3.09. The highest BCUT2D eigenvalue weighted by atomic mass is 16.5. The van der Waals surface area contributed by atoms with Crippen molar-refractivity contribution >= 4 is 5.78 Å². The van der Waals surface area contributed by atoms with Gasteiger partial charge in [-0.05, 0) is 26.3 Å². The van der Waals surface area contributed by atoms with E-state index in [1.807, 2.05) is 44.2 Å². The average molecular weight is 289 g/mol. The Morgan fingerprint density at radius 1 is 1.29 bits per heavy atom. The van der Waals surface area contributed by atoms with Crippen LogP contribution in [0.4, 0.5) is 0 Å². The van der Waals surface area contributed by atoms with Crippen LogP contribution in [0.5, 0.6) is 0 Å². The van der Waals surface area contributed by atoms with Gasteiger partial charge in [-0.1, -0.05) is 44.2 Å². The summed E-state index contributed by atoms with van der Waals surface area (Å²) < 4.78 is 5.78. The molecule has 116 valence electrons. The summed E-state index contributed by atoms with van der Waals surface area (Å²) in [6, 6.07) is 9.57. The van der Waals surface area contributed by atoms with Gasteiger partial charge in [0.25, 0.3) is 0 Å². The Morgan fingerprint density at radius 3 is 2.62 bits per heavy atom. The summed E-state index contributed by atoms with van der Waals surface area (Å²) in [5, 5.41) is 0. The van der Waals surface area contributed by atoms with Gasteiger partial charge in [0.2, 0.25) is 0 Å². The van der Waals surface area contributed by atoms with Gasteiger partial charge in [0.05, 0.1) is 6.10 Å². The third kappa shape index (κ3) is 4.65. The number of ketones is 1. The molecule has 0 spiro atoms. The molecule has 1 aliphatic rings. The average Bonchev–Trinajstić information content (AvgIpc) is 2.47. The molecule has 21 heavy (non-hydrogen) atoms. The van der Waals surface area contributed by atoms with Crippen LogP contribution in [-0.2, 0) is 4.74 Å². The highest BCUT2D eigenvalue weighted by Crippen LogP contribution is 2.24. The molecule has 1 aromatic rings. The molecule has 0 radical (unpaired) electrons. The van der Waals surface area contributed by atoms with E-state index in [0.717, 1.165) is 31.7 Å². The third-order valence-electron chi connectivity index (χ3n) is 4.11. The summed E-state index contributed by atoms with van der Waals surface area (Å²) in [5.41, 5.74) is 0.412. The van der Waals surface area contributed by atoms with Crippen LogP contribution in [-0.4, -0.2) is 43.5 Å². The largest absolute Gasteiger partial charge is 0.377 e. The fraction of sp³-hybridized carbons (Fsp3) is 0.611. The number of carbonyl (C=O) groups excluding carboxylic acids is 1. The Hall–Kier alpha value is -1.19. The van der Waals surface area contributed by atoms with Crippen molar-refractivity contribution in [2.24, 2.45) is 5.41 Å². The van der Waals surface area contributed by atoms with E-state index in [2.05, 4.69) is 11.9 Å². The number of rotatable bonds is 6. The minimum atomic E-state index is -0.384. The van der Waals surface area contributed by atoms with Gasteiger partial charge in [-0.15, -0.1) is 0 Å². The Kier molecular flexibility index (Phi) is 5.54. The minimum absolute atomic E-state index is 0.208. The van der Waals surface area contributed by atoms with Crippen LogP contribution in [0.2, 0.25) is 0 Å². The molecule has 0 saturated carbocycles. The van der Waals surface area contributed by atoms with Crippen molar-refractivity contribution in [1.82, 2.24) is 4.90 Å². The van der Waals surface area contributed by atoms with E-state index in [1.165, 1.54) is 12.8 Å². The van der Waals surface area contributed by atoms with Gasteiger partial charge in [-0.2, -0.15) is 0 Å². The van der Waals surface area contributed by atoms with E-state index in [9.17, 15) is 4.79 Å². The standard InChI is InChI=1S/C18H27NO2/c1-18(2,17(20)15-9-5-4-6-10-15)14-19(3)13-16-11-7-8-12-21-16/h4-6,9-10,16H,7-8,11-14H2,1-3H3. The quantitative estimate of drug-likeness (QED) is 0.752. The summed E-state index contributed by atoms with van der Waals surface area (Å²) in [6.07, 6.45) is 3.90. The second kappa shape index (κ2) is 7.19. The van der Waals surface area contributed by atoms with E-state index < -0.39 is 0 Å². The normalized spacial score (nSPS) is 19.7. The summed E-state index contributed by atoms with van der Waals surface area (Å²) >= 11 is 0. The van der Waals surface area contributed by atoms with Crippen LogP contribution >= 0.6 is 0 Å². The maximum absolute atomic E-state index is 12.6. The van der Waals surface area contributed by atoms with Crippen LogP contribution in [0, 0.1) is 5.41 Å². The van der Waals surface area contributed by atoms with Crippen LogP contribution in [0.25, 0.3) is 0 Å². The van der Waals surface area contributed by atoms with Gasteiger partial charge in [-0.25, -0.2) is 0 Å². The lowest BCUT2D eigenvalue weighted by Gasteiger charge is -2.32. The van der Waals surface area contributed by atoms with Crippen LogP contribution in [0.3, 0.4) is 0 Å². The highest BCUT2D eigenvalue weighted by Gasteiger charge is 2.30. The maximum Gasteiger partial charge on any atom is 0.169 e. The van der Waals surface area contributed by atoms with Crippen molar-refractivity contribution in [1.29, 1.82) is 0 Å². The monoisotopic (exact) mass is 289 g/mol. The number of benzene rings is 1. The van der Waals surface area contributed by atoms with Crippen molar-refractivity contribution in [3.05, 3.63) is 35.9 Å². The first kappa shape index (κ1) is 16.2. The zero-order valence-corrected chi connectivity index (χ0v) is 13.5. The molecule has 0 aliphatic carbocycles. The number of nitrogens with zero attached hydrogens (tertiary/aromatic N) is 1.